The van der Waals surface area contributed by atoms with Gasteiger partial charge < -0.3 is 4.74 Å². The minimum Gasteiger partial charge on any atom is -0.462 e. The summed E-state index contributed by atoms with van der Waals surface area (Å²) < 4.78 is 60.5. The highest BCUT2D eigenvalue weighted by Crippen LogP contribution is 2.31. The maximum Gasteiger partial charge on any atom is 0.405 e. The zero-order valence-electron chi connectivity index (χ0n) is 19.6. The number of carbonyl (C=O) groups excluding carboxylic acids is 1. The van der Waals surface area contributed by atoms with Crippen LogP contribution in [0.5, 0.6) is 0 Å². The lowest BCUT2D eigenvalue weighted by molar-refractivity contribution is -0.182. The number of carbonyl (C=O) groups is 1. The fourth-order valence-corrected chi connectivity index (χ4v) is 3.84. The molecule has 4 nitrogen and oxygen atoms in total. The molecule has 0 heterocycles. The van der Waals surface area contributed by atoms with Gasteiger partial charge in [0.25, 0.3) is 0 Å². The van der Waals surface area contributed by atoms with Gasteiger partial charge in [0.05, 0.1) is 27.8 Å². The van der Waals surface area contributed by atoms with Crippen LogP contribution in [0.2, 0.25) is 0 Å². The van der Waals surface area contributed by atoms with Crippen molar-refractivity contribution >= 4 is 17.0 Å². The number of alkyl halides is 3. The molecule has 0 saturated carbocycles. The van der Waals surface area contributed by atoms with Crippen LogP contribution >= 0.6 is 0 Å². The number of ether oxygens (including phenoxy) is 1. The smallest absolute Gasteiger partial charge is 0.405 e. The maximum atomic E-state index is 13.8. The second-order valence-corrected chi connectivity index (χ2v) is 11.0. The van der Waals surface area contributed by atoms with Gasteiger partial charge in [0.1, 0.15) is 6.04 Å². The quantitative estimate of drug-likeness (QED) is 0.227. The maximum absolute atomic E-state index is 13.8. The van der Waals surface area contributed by atoms with Crippen LogP contribution < -0.4 is 4.72 Å². The molecule has 180 valence electrons. The zero-order chi connectivity index (χ0) is 23.4. The Balaban J connectivity index is 5.17. The Morgan fingerprint density at radius 3 is 1.90 bits per heavy atom. The molecular formula is C22H42F3NO3S. The van der Waals surface area contributed by atoms with E-state index in [1.807, 2.05) is 0 Å². The van der Waals surface area contributed by atoms with E-state index in [1.54, 1.807) is 34.6 Å². The molecule has 8 heteroatoms. The molecule has 0 aliphatic rings. The molecule has 0 aromatic heterocycles. The van der Waals surface area contributed by atoms with E-state index in [1.165, 1.54) is 19.3 Å². The highest BCUT2D eigenvalue weighted by Gasteiger charge is 2.49. The van der Waals surface area contributed by atoms with Gasteiger partial charge in [0, 0.05) is 0 Å². The van der Waals surface area contributed by atoms with Gasteiger partial charge in [-0.25, -0.2) is 8.93 Å². The summed E-state index contributed by atoms with van der Waals surface area (Å²) in [4.78, 5) is 12.6. The van der Waals surface area contributed by atoms with Gasteiger partial charge >= 0.3 is 12.1 Å². The molecule has 4 atom stereocenters. The number of esters is 1. The first-order valence-electron chi connectivity index (χ1n) is 11.3. The summed E-state index contributed by atoms with van der Waals surface area (Å²) >= 11 is 0. The molecule has 0 spiro atoms. The van der Waals surface area contributed by atoms with Crippen LogP contribution in [0.1, 0.15) is 106 Å². The standard InChI is InChI=1S/C22H42F3NO3S/c1-7-9-10-11-12-13-14-15-16-18(20(27)29-17(3)8-2)19(22(23,24)25)26-30(28)21(4,5)6/h17-19,26H,7-16H2,1-6H3/t17?,18-,19-,30-/m1/s1. The molecule has 0 bridgehead atoms. The minimum absolute atomic E-state index is 0.0583. The first-order chi connectivity index (χ1) is 13.8. The zero-order valence-corrected chi connectivity index (χ0v) is 20.4. The number of halogens is 3. The van der Waals surface area contributed by atoms with Crippen LogP contribution in [0.15, 0.2) is 0 Å². The molecule has 0 amide bonds. The molecular weight excluding hydrogens is 415 g/mol. The molecule has 0 radical (unpaired) electrons. The van der Waals surface area contributed by atoms with E-state index in [2.05, 4.69) is 11.6 Å². The third-order valence-electron chi connectivity index (χ3n) is 5.11. The SMILES string of the molecule is CCCCCCCCCC[C@@H](C(=O)OC(C)CC)[C@@H](N[S@](=O)C(C)(C)C)C(F)(F)F. The fraction of sp³-hybridized carbons (Fsp3) is 0.955. The van der Waals surface area contributed by atoms with Gasteiger partial charge in [0.15, 0.2) is 0 Å². The van der Waals surface area contributed by atoms with Gasteiger partial charge in [-0.2, -0.15) is 13.2 Å². The molecule has 1 N–H and O–H groups in total. The van der Waals surface area contributed by atoms with Crippen molar-refractivity contribution < 1.29 is 26.9 Å². The number of rotatable bonds is 15. The van der Waals surface area contributed by atoms with Crippen LogP contribution in [0.4, 0.5) is 13.2 Å². The second-order valence-electron chi connectivity index (χ2n) is 9.04. The summed E-state index contributed by atoms with van der Waals surface area (Å²) in [5.41, 5.74) is 0. The molecule has 0 aliphatic carbocycles. The Hall–Kier alpha value is -0.630. The Bertz CT molecular complexity index is 507. The summed E-state index contributed by atoms with van der Waals surface area (Å²) in [5, 5.41) is 0. The van der Waals surface area contributed by atoms with E-state index in [4.69, 9.17) is 4.74 Å². The van der Waals surface area contributed by atoms with Gasteiger partial charge in [0.2, 0.25) is 0 Å². The van der Waals surface area contributed by atoms with Crippen LogP contribution in [0.25, 0.3) is 0 Å². The molecule has 1 unspecified atom stereocenters. The summed E-state index contributed by atoms with van der Waals surface area (Å²) in [6.07, 6.45) is 3.36. The minimum atomic E-state index is -4.71. The third-order valence-corrected chi connectivity index (χ3v) is 6.69. The fourth-order valence-electron chi connectivity index (χ4n) is 2.96. The van der Waals surface area contributed by atoms with Gasteiger partial charge in [-0.15, -0.1) is 0 Å². The van der Waals surface area contributed by atoms with Crippen molar-refractivity contribution in [3.05, 3.63) is 0 Å². The summed E-state index contributed by atoms with van der Waals surface area (Å²) in [7, 11) is -1.96. The van der Waals surface area contributed by atoms with Gasteiger partial charge in [-0.05, 0) is 40.5 Å². The Labute approximate surface area is 183 Å². The molecule has 0 saturated heterocycles. The van der Waals surface area contributed by atoms with Gasteiger partial charge in [-0.1, -0.05) is 65.2 Å². The monoisotopic (exact) mass is 457 g/mol. The molecule has 0 rings (SSSR count). The Morgan fingerprint density at radius 1 is 0.967 bits per heavy atom. The van der Waals surface area contributed by atoms with Crippen LogP contribution in [-0.4, -0.2) is 33.2 Å². The van der Waals surface area contributed by atoms with Crippen molar-refractivity contribution in [1.29, 1.82) is 0 Å². The molecule has 0 aromatic carbocycles. The van der Waals surface area contributed by atoms with E-state index < -0.39 is 45.9 Å². The molecule has 0 aromatic rings. The lowest BCUT2D eigenvalue weighted by atomic mass is 9.93. The highest BCUT2D eigenvalue weighted by molar-refractivity contribution is 7.84. The van der Waals surface area contributed by atoms with Gasteiger partial charge in [-0.3, -0.25) is 4.79 Å². The van der Waals surface area contributed by atoms with Crippen molar-refractivity contribution in [3.63, 3.8) is 0 Å². The lowest BCUT2D eigenvalue weighted by Gasteiger charge is -2.31. The van der Waals surface area contributed by atoms with Crippen molar-refractivity contribution in [2.45, 2.75) is 129 Å². The van der Waals surface area contributed by atoms with Crippen molar-refractivity contribution in [2.24, 2.45) is 5.92 Å². The summed E-state index contributed by atoms with van der Waals surface area (Å²) in [5.74, 6) is -2.28. The van der Waals surface area contributed by atoms with Crippen molar-refractivity contribution in [3.8, 4) is 0 Å². The number of unbranched alkanes of at least 4 members (excludes halogenated alkanes) is 7. The summed E-state index contributed by atoms with van der Waals surface area (Å²) in [6, 6.07) is -2.20. The number of nitrogens with one attached hydrogen (secondary N) is 1. The second kappa shape index (κ2) is 14.4. The number of hydrogen-bond donors (Lipinski definition) is 1. The van der Waals surface area contributed by atoms with E-state index in [-0.39, 0.29) is 6.42 Å². The molecule has 30 heavy (non-hydrogen) atoms. The number of hydrogen-bond acceptors (Lipinski definition) is 3. The topological polar surface area (TPSA) is 55.4 Å². The van der Waals surface area contributed by atoms with Crippen LogP contribution in [0, 0.1) is 5.92 Å². The predicted octanol–water partition coefficient (Wildman–Crippen LogP) is 6.46. The van der Waals surface area contributed by atoms with Crippen LogP contribution in [-0.2, 0) is 20.5 Å². The van der Waals surface area contributed by atoms with Crippen molar-refractivity contribution in [1.82, 2.24) is 4.72 Å². The predicted molar refractivity (Wildman–Crippen MR) is 117 cm³/mol. The Kier molecular flexibility index (Phi) is 14.1. The first-order valence-corrected chi connectivity index (χ1v) is 12.4. The average molecular weight is 458 g/mol. The van der Waals surface area contributed by atoms with E-state index in [9.17, 15) is 22.2 Å². The first kappa shape index (κ1) is 29.4. The molecule has 0 aliphatic heterocycles. The van der Waals surface area contributed by atoms with Crippen LogP contribution in [0.3, 0.4) is 0 Å². The van der Waals surface area contributed by atoms with E-state index >= 15 is 0 Å². The Morgan fingerprint density at radius 2 is 1.47 bits per heavy atom. The van der Waals surface area contributed by atoms with E-state index in [0.717, 1.165) is 25.7 Å². The third kappa shape index (κ3) is 12.3. The average Bonchev–Trinajstić information content (AvgIpc) is 2.63. The molecule has 0 fully saturated rings. The van der Waals surface area contributed by atoms with E-state index in [0.29, 0.717) is 12.8 Å². The largest absolute Gasteiger partial charge is 0.462 e. The normalized spacial score (nSPS) is 16.7. The van der Waals surface area contributed by atoms with Crippen molar-refractivity contribution in [2.75, 3.05) is 0 Å². The summed E-state index contributed by atoms with van der Waals surface area (Å²) in [6.45, 7) is 10.4. The lowest BCUT2D eigenvalue weighted by Crippen LogP contribution is -2.54. The highest BCUT2D eigenvalue weighted by atomic mass is 32.2.